The maximum atomic E-state index is 14.4. The Hall–Kier alpha value is -4.97. The van der Waals surface area contributed by atoms with Gasteiger partial charge in [0, 0.05) is 22.4 Å². The second-order valence-electron chi connectivity index (χ2n) is 9.16. The fourth-order valence-electron chi connectivity index (χ4n) is 5.14. The predicted octanol–water partition coefficient (Wildman–Crippen LogP) is 6.76. The summed E-state index contributed by atoms with van der Waals surface area (Å²) in [6, 6.07) is 31.1. The first-order chi connectivity index (χ1) is 19.1. The summed E-state index contributed by atoms with van der Waals surface area (Å²) >= 11 is 0. The average Bonchev–Trinajstić information content (AvgIpc) is 3.01. The number of fused-ring (bicyclic) bond motifs is 3. The molecule has 1 aliphatic rings. The highest BCUT2D eigenvalue weighted by Gasteiger charge is 2.30. The quantitative estimate of drug-likeness (QED) is 0.249. The van der Waals surface area contributed by atoms with Crippen LogP contribution >= 0.6 is 0 Å². The smallest absolute Gasteiger partial charge is 0.262 e. The molecule has 0 radical (unpaired) electrons. The van der Waals surface area contributed by atoms with E-state index in [0.717, 1.165) is 56.4 Å². The van der Waals surface area contributed by atoms with Crippen molar-refractivity contribution in [3.05, 3.63) is 113 Å². The number of benzene rings is 4. The summed E-state index contributed by atoms with van der Waals surface area (Å²) in [5.74, 6) is 2.95. The molecule has 0 atom stereocenters. The van der Waals surface area contributed by atoms with Gasteiger partial charge in [-0.15, -0.1) is 0 Å². The Balaban J connectivity index is 1.78. The van der Waals surface area contributed by atoms with Crippen molar-refractivity contribution in [1.82, 2.24) is 4.57 Å². The molecule has 0 aliphatic carbocycles. The van der Waals surface area contributed by atoms with E-state index in [1.165, 1.54) is 0 Å². The topological polar surface area (TPSA) is 58.9 Å². The van der Waals surface area contributed by atoms with Gasteiger partial charge in [0.05, 0.1) is 32.6 Å². The third kappa shape index (κ3) is 4.20. The molecule has 0 unspecified atom stereocenters. The Morgan fingerprint density at radius 3 is 1.77 bits per heavy atom. The van der Waals surface area contributed by atoms with E-state index < -0.39 is 0 Å². The zero-order valence-corrected chi connectivity index (χ0v) is 21.9. The Bertz CT molecular complexity index is 1700. The number of aromatic nitrogens is 1. The van der Waals surface area contributed by atoms with Crippen molar-refractivity contribution < 1.29 is 18.9 Å². The van der Waals surface area contributed by atoms with Crippen molar-refractivity contribution in [2.24, 2.45) is 0 Å². The van der Waals surface area contributed by atoms with E-state index in [1.807, 2.05) is 97.1 Å². The van der Waals surface area contributed by atoms with Gasteiger partial charge in [0.1, 0.15) is 29.6 Å². The average molecular weight is 518 g/mol. The SMILES string of the molecule is COc1ccc(-c2c3c(c(=O)n(-c4ccc(OC)cc4)c2-c2ccc(OC)cc2)COc2ccccc2-3)cc1. The standard InChI is InChI=1S/C33H27NO5/c1-36-24-14-8-21(9-15-24)30-31-27-6-4-5-7-29(27)39-20-28(31)33(35)34(23-12-18-26(38-3)19-13-23)32(30)22-10-16-25(37-2)17-11-22/h4-19H,20H2,1-3H3. The molecule has 1 aromatic heterocycles. The monoisotopic (exact) mass is 517 g/mol. The first-order valence-electron chi connectivity index (χ1n) is 12.6. The first kappa shape index (κ1) is 24.4. The number of pyridine rings is 1. The van der Waals surface area contributed by atoms with Crippen LogP contribution in [0.25, 0.3) is 39.2 Å². The second kappa shape index (κ2) is 10.1. The van der Waals surface area contributed by atoms with Crippen molar-refractivity contribution in [1.29, 1.82) is 0 Å². The van der Waals surface area contributed by atoms with Gasteiger partial charge in [0.25, 0.3) is 5.56 Å². The molecule has 0 bridgehead atoms. The summed E-state index contributed by atoms with van der Waals surface area (Å²) in [5, 5.41) is 0. The van der Waals surface area contributed by atoms with Gasteiger partial charge in [-0.2, -0.15) is 0 Å². The third-order valence-corrected chi connectivity index (χ3v) is 7.07. The number of hydrogen-bond acceptors (Lipinski definition) is 5. The van der Waals surface area contributed by atoms with Crippen molar-refractivity contribution in [3.8, 4) is 62.2 Å². The molecule has 6 heteroatoms. The van der Waals surface area contributed by atoms with E-state index in [1.54, 1.807) is 25.9 Å². The number of hydrogen-bond donors (Lipinski definition) is 0. The molecule has 0 amide bonds. The van der Waals surface area contributed by atoms with Crippen LogP contribution in [0.3, 0.4) is 0 Å². The summed E-state index contributed by atoms with van der Waals surface area (Å²) in [7, 11) is 4.91. The van der Waals surface area contributed by atoms with E-state index in [0.29, 0.717) is 11.3 Å². The lowest BCUT2D eigenvalue weighted by Crippen LogP contribution is -2.28. The fraction of sp³-hybridized carbons (Fsp3) is 0.121. The summed E-state index contributed by atoms with van der Waals surface area (Å²) in [6.07, 6.45) is 0. The van der Waals surface area contributed by atoms with E-state index in [-0.39, 0.29) is 12.2 Å². The van der Waals surface area contributed by atoms with Gasteiger partial charge < -0.3 is 18.9 Å². The van der Waals surface area contributed by atoms with Crippen LogP contribution in [-0.2, 0) is 6.61 Å². The molecule has 0 N–H and O–H groups in total. The summed E-state index contributed by atoms with van der Waals surface area (Å²) in [6.45, 7) is 0.174. The second-order valence-corrected chi connectivity index (χ2v) is 9.16. The molecule has 0 fully saturated rings. The molecule has 1 aliphatic heterocycles. The zero-order valence-electron chi connectivity index (χ0n) is 21.9. The Morgan fingerprint density at radius 2 is 1.18 bits per heavy atom. The minimum absolute atomic E-state index is 0.132. The van der Waals surface area contributed by atoms with E-state index in [4.69, 9.17) is 18.9 Å². The van der Waals surface area contributed by atoms with Crippen molar-refractivity contribution in [2.75, 3.05) is 21.3 Å². The van der Waals surface area contributed by atoms with Crippen LogP contribution in [0.5, 0.6) is 23.0 Å². The Labute approximate surface area is 226 Å². The molecule has 2 heterocycles. The number of rotatable bonds is 6. The fourth-order valence-corrected chi connectivity index (χ4v) is 5.14. The zero-order chi connectivity index (χ0) is 26.9. The highest BCUT2D eigenvalue weighted by atomic mass is 16.5. The van der Waals surface area contributed by atoms with Gasteiger partial charge in [-0.25, -0.2) is 0 Å². The van der Waals surface area contributed by atoms with Crippen LogP contribution in [0, 0.1) is 0 Å². The summed E-state index contributed by atoms with van der Waals surface area (Å²) in [5.41, 5.74) is 6.50. The molecular weight excluding hydrogens is 490 g/mol. The van der Waals surface area contributed by atoms with Gasteiger partial charge in [-0.1, -0.05) is 30.3 Å². The molecule has 0 spiro atoms. The van der Waals surface area contributed by atoms with E-state index in [2.05, 4.69) is 0 Å². The van der Waals surface area contributed by atoms with E-state index >= 15 is 0 Å². The molecule has 194 valence electrons. The van der Waals surface area contributed by atoms with Crippen LogP contribution in [0.1, 0.15) is 5.56 Å². The predicted molar refractivity (Wildman–Crippen MR) is 152 cm³/mol. The number of methoxy groups -OCH3 is 3. The minimum atomic E-state index is -0.132. The molecule has 4 aromatic carbocycles. The molecule has 0 saturated heterocycles. The lowest BCUT2D eigenvalue weighted by molar-refractivity contribution is 0.300. The van der Waals surface area contributed by atoms with Crippen molar-refractivity contribution in [3.63, 3.8) is 0 Å². The molecule has 6 rings (SSSR count). The normalized spacial score (nSPS) is 11.7. The van der Waals surface area contributed by atoms with Crippen LogP contribution in [-0.4, -0.2) is 25.9 Å². The maximum Gasteiger partial charge on any atom is 0.262 e. The van der Waals surface area contributed by atoms with Crippen LogP contribution in [0.2, 0.25) is 0 Å². The maximum absolute atomic E-state index is 14.4. The summed E-state index contributed by atoms with van der Waals surface area (Å²) in [4.78, 5) is 14.4. The summed E-state index contributed by atoms with van der Waals surface area (Å²) < 4.78 is 24.1. The molecule has 6 nitrogen and oxygen atoms in total. The molecule has 39 heavy (non-hydrogen) atoms. The lowest BCUT2D eigenvalue weighted by atomic mass is 9.86. The molecular formula is C33H27NO5. The number of ether oxygens (including phenoxy) is 4. The van der Waals surface area contributed by atoms with Gasteiger partial charge in [0.2, 0.25) is 0 Å². The van der Waals surface area contributed by atoms with E-state index in [9.17, 15) is 4.79 Å². The van der Waals surface area contributed by atoms with Crippen LogP contribution in [0.15, 0.2) is 102 Å². The Kier molecular flexibility index (Phi) is 6.29. The largest absolute Gasteiger partial charge is 0.497 e. The van der Waals surface area contributed by atoms with Gasteiger partial charge >= 0.3 is 0 Å². The van der Waals surface area contributed by atoms with Gasteiger partial charge in [-0.05, 0) is 77.9 Å². The highest BCUT2D eigenvalue weighted by Crippen LogP contribution is 2.47. The Morgan fingerprint density at radius 1 is 0.641 bits per heavy atom. The first-order valence-corrected chi connectivity index (χ1v) is 12.6. The number of nitrogens with zero attached hydrogens (tertiary/aromatic N) is 1. The minimum Gasteiger partial charge on any atom is -0.497 e. The molecule has 5 aromatic rings. The number of para-hydroxylation sites is 1. The third-order valence-electron chi connectivity index (χ3n) is 7.07. The molecule has 0 saturated carbocycles. The van der Waals surface area contributed by atoms with Crippen molar-refractivity contribution in [2.45, 2.75) is 6.61 Å². The lowest BCUT2D eigenvalue weighted by Gasteiger charge is -2.28. The highest BCUT2D eigenvalue weighted by molar-refractivity contribution is 5.97. The van der Waals surface area contributed by atoms with Crippen LogP contribution < -0.4 is 24.5 Å². The van der Waals surface area contributed by atoms with Gasteiger partial charge in [0.15, 0.2) is 0 Å². The van der Waals surface area contributed by atoms with Crippen LogP contribution in [0.4, 0.5) is 0 Å². The van der Waals surface area contributed by atoms with Crippen molar-refractivity contribution >= 4 is 0 Å². The van der Waals surface area contributed by atoms with Gasteiger partial charge in [-0.3, -0.25) is 9.36 Å².